The molecule has 0 atom stereocenters. The average Bonchev–Trinajstić information content (AvgIpc) is 2.61. The number of aromatic nitrogens is 2. The highest BCUT2D eigenvalue weighted by Gasteiger charge is 2.19. The molecule has 128 valence electrons. The number of benzene rings is 1. The highest BCUT2D eigenvalue weighted by atomic mass is 79.9. The Kier molecular flexibility index (Phi) is 6.19. The molecule has 24 heavy (non-hydrogen) atoms. The Labute approximate surface area is 157 Å². The topological polar surface area (TPSA) is 27.1 Å². The van der Waals surface area contributed by atoms with Gasteiger partial charge in [0.1, 0.15) is 10.5 Å². The van der Waals surface area contributed by atoms with Crippen LogP contribution >= 0.6 is 28.1 Å². The Morgan fingerprint density at radius 3 is 2.71 bits per heavy atom. The Balaban J connectivity index is 2.03. The van der Waals surface area contributed by atoms with E-state index >= 15 is 0 Å². The molecular formula is C19H23BrN2OS. The SMILES string of the molecule is CCOCCCn1c(-c2ccc(Br)cc2)nc(=S)c2c1CCCC2. The third-order valence-corrected chi connectivity index (χ3v) is 5.33. The largest absolute Gasteiger partial charge is 0.382 e. The number of halogens is 1. The lowest BCUT2D eigenvalue weighted by Crippen LogP contribution is -2.19. The van der Waals surface area contributed by atoms with Crippen molar-refractivity contribution in [2.75, 3.05) is 13.2 Å². The molecule has 3 nitrogen and oxygen atoms in total. The molecule has 0 amide bonds. The van der Waals surface area contributed by atoms with Gasteiger partial charge in [0.2, 0.25) is 0 Å². The molecule has 5 heteroatoms. The molecular weight excluding hydrogens is 384 g/mol. The summed E-state index contributed by atoms with van der Waals surface area (Å²) in [6, 6.07) is 8.33. The molecule has 1 aliphatic rings. The van der Waals surface area contributed by atoms with Crippen molar-refractivity contribution in [1.82, 2.24) is 9.55 Å². The van der Waals surface area contributed by atoms with Gasteiger partial charge >= 0.3 is 0 Å². The molecule has 0 spiro atoms. The fraction of sp³-hybridized carbons (Fsp3) is 0.474. The minimum atomic E-state index is 0.770. The first-order valence-electron chi connectivity index (χ1n) is 8.67. The highest BCUT2D eigenvalue weighted by molar-refractivity contribution is 9.10. The first-order chi connectivity index (χ1) is 11.7. The minimum Gasteiger partial charge on any atom is -0.382 e. The maximum atomic E-state index is 5.61. The van der Waals surface area contributed by atoms with Gasteiger partial charge in [-0.2, -0.15) is 0 Å². The van der Waals surface area contributed by atoms with E-state index in [1.165, 1.54) is 24.1 Å². The van der Waals surface area contributed by atoms with Crippen molar-refractivity contribution in [3.63, 3.8) is 0 Å². The molecule has 1 aliphatic carbocycles. The van der Waals surface area contributed by atoms with Gasteiger partial charge in [-0.25, -0.2) is 4.98 Å². The summed E-state index contributed by atoms with van der Waals surface area (Å²) >= 11 is 9.11. The zero-order chi connectivity index (χ0) is 16.9. The van der Waals surface area contributed by atoms with Crippen LogP contribution in [0.4, 0.5) is 0 Å². The van der Waals surface area contributed by atoms with Crippen LogP contribution in [0, 0.1) is 4.64 Å². The summed E-state index contributed by atoms with van der Waals surface area (Å²) in [7, 11) is 0. The number of fused-ring (bicyclic) bond motifs is 1. The monoisotopic (exact) mass is 406 g/mol. The van der Waals surface area contributed by atoms with Crippen molar-refractivity contribution >= 4 is 28.1 Å². The molecule has 0 bridgehead atoms. The molecule has 2 aromatic rings. The van der Waals surface area contributed by atoms with Gasteiger partial charge < -0.3 is 9.30 Å². The standard InChI is InChI=1S/C19H23BrN2OS/c1-2-23-13-5-12-22-17-7-4-3-6-16(17)19(24)21-18(22)14-8-10-15(20)11-9-14/h8-11H,2-7,12-13H2,1H3. The van der Waals surface area contributed by atoms with Gasteiger partial charge in [0.15, 0.2) is 0 Å². The molecule has 0 fully saturated rings. The lowest BCUT2D eigenvalue weighted by Gasteiger charge is -2.24. The lowest BCUT2D eigenvalue weighted by molar-refractivity contribution is 0.141. The summed E-state index contributed by atoms with van der Waals surface area (Å²) in [6.45, 7) is 4.52. The van der Waals surface area contributed by atoms with E-state index in [4.69, 9.17) is 21.9 Å². The first-order valence-corrected chi connectivity index (χ1v) is 9.87. The van der Waals surface area contributed by atoms with E-state index < -0.39 is 0 Å². The Morgan fingerprint density at radius 1 is 1.21 bits per heavy atom. The van der Waals surface area contributed by atoms with Gasteiger partial charge in [-0.05, 0) is 51.2 Å². The zero-order valence-electron chi connectivity index (χ0n) is 14.1. The van der Waals surface area contributed by atoms with E-state index in [0.717, 1.165) is 59.5 Å². The predicted octanol–water partition coefficient (Wildman–Crippen LogP) is 5.35. The van der Waals surface area contributed by atoms with Crippen LogP contribution in [0.1, 0.15) is 37.4 Å². The van der Waals surface area contributed by atoms with E-state index in [0.29, 0.717) is 0 Å². The Hall–Kier alpha value is -1.04. The molecule has 0 aliphatic heterocycles. The fourth-order valence-corrected chi connectivity index (χ4v) is 3.87. The van der Waals surface area contributed by atoms with Crippen LogP contribution in [0.15, 0.2) is 28.7 Å². The van der Waals surface area contributed by atoms with E-state index in [2.05, 4.69) is 44.8 Å². The average molecular weight is 407 g/mol. The van der Waals surface area contributed by atoms with Crippen molar-refractivity contribution in [1.29, 1.82) is 0 Å². The first kappa shape index (κ1) is 17.8. The second kappa shape index (κ2) is 8.37. The van der Waals surface area contributed by atoms with Gasteiger partial charge in [0, 0.05) is 41.1 Å². The lowest BCUT2D eigenvalue weighted by atomic mass is 9.96. The molecule has 1 aromatic carbocycles. The molecule has 0 radical (unpaired) electrons. The van der Waals surface area contributed by atoms with Crippen molar-refractivity contribution in [2.45, 2.75) is 45.6 Å². The van der Waals surface area contributed by atoms with Crippen molar-refractivity contribution in [3.8, 4) is 11.4 Å². The summed E-state index contributed by atoms with van der Waals surface area (Å²) in [5, 5.41) is 0. The zero-order valence-corrected chi connectivity index (χ0v) is 16.5. The van der Waals surface area contributed by atoms with Crippen LogP contribution in [0.25, 0.3) is 11.4 Å². The van der Waals surface area contributed by atoms with Crippen LogP contribution < -0.4 is 0 Å². The predicted molar refractivity (Wildman–Crippen MR) is 104 cm³/mol. The number of ether oxygens (including phenoxy) is 1. The third-order valence-electron chi connectivity index (χ3n) is 4.46. The van der Waals surface area contributed by atoms with Crippen molar-refractivity contribution < 1.29 is 4.74 Å². The molecule has 0 saturated heterocycles. The Morgan fingerprint density at radius 2 is 1.96 bits per heavy atom. The summed E-state index contributed by atoms with van der Waals surface area (Å²) in [6.07, 6.45) is 5.60. The van der Waals surface area contributed by atoms with E-state index in [-0.39, 0.29) is 0 Å². The van der Waals surface area contributed by atoms with Crippen LogP contribution in [-0.4, -0.2) is 22.8 Å². The van der Waals surface area contributed by atoms with Gasteiger partial charge in [0.25, 0.3) is 0 Å². The summed E-state index contributed by atoms with van der Waals surface area (Å²) in [5.74, 6) is 0.990. The van der Waals surface area contributed by atoms with Crippen LogP contribution in [0.2, 0.25) is 0 Å². The number of hydrogen-bond donors (Lipinski definition) is 0. The molecule has 0 N–H and O–H groups in total. The van der Waals surface area contributed by atoms with E-state index in [1.54, 1.807) is 0 Å². The highest BCUT2D eigenvalue weighted by Crippen LogP contribution is 2.28. The van der Waals surface area contributed by atoms with Crippen LogP contribution in [0.3, 0.4) is 0 Å². The van der Waals surface area contributed by atoms with Crippen LogP contribution in [-0.2, 0) is 24.1 Å². The van der Waals surface area contributed by atoms with Crippen LogP contribution in [0.5, 0.6) is 0 Å². The fourth-order valence-electron chi connectivity index (χ4n) is 3.30. The van der Waals surface area contributed by atoms with E-state index in [9.17, 15) is 0 Å². The summed E-state index contributed by atoms with van der Waals surface area (Å²) in [4.78, 5) is 4.81. The number of hydrogen-bond acceptors (Lipinski definition) is 3. The summed E-state index contributed by atoms with van der Waals surface area (Å²) < 4.78 is 9.76. The van der Waals surface area contributed by atoms with Gasteiger partial charge in [-0.1, -0.05) is 40.3 Å². The van der Waals surface area contributed by atoms with Gasteiger partial charge in [0.05, 0.1) is 0 Å². The van der Waals surface area contributed by atoms with Crippen molar-refractivity contribution in [3.05, 3.63) is 44.6 Å². The van der Waals surface area contributed by atoms with Gasteiger partial charge in [-0.3, -0.25) is 0 Å². The molecule has 1 aromatic heterocycles. The Bertz CT molecular complexity index is 755. The second-order valence-corrected chi connectivity index (χ2v) is 7.38. The molecule has 0 unspecified atom stereocenters. The maximum Gasteiger partial charge on any atom is 0.141 e. The van der Waals surface area contributed by atoms with E-state index in [1.807, 2.05) is 6.92 Å². The minimum absolute atomic E-state index is 0.770. The second-order valence-electron chi connectivity index (χ2n) is 6.08. The van der Waals surface area contributed by atoms with Crippen molar-refractivity contribution in [2.24, 2.45) is 0 Å². The third kappa shape index (κ3) is 3.95. The summed E-state index contributed by atoms with van der Waals surface area (Å²) in [5.41, 5.74) is 3.79. The maximum absolute atomic E-state index is 5.61. The smallest absolute Gasteiger partial charge is 0.141 e. The molecule has 1 heterocycles. The van der Waals surface area contributed by atoms with Gasteiger partial charge in [-0.15, -0.1) is 0 Å². The molecule has 3 rings (SSSR count). The molecule has 0 saturated carbocycles. The normalized spacial score (nSPS) is 13.8. The number of rotatable bonds is 6. The number of nitrogens with zero attached hydrogens (tertiary/aromatic N) is 2. The quantitative estimate of drug-likeness (QED) is 0.477.